The summed E-state index contributed by atoms with van der Waals surface area (Å²) in [5.74, 6) is -0.472. The third-order valence-corrected chi connectivity index (χ3v) is 4.12. The van der Waals surface area contributed by atoms with Gasteiger partial charge in [0, 0.05) is 37.1 Å². The fourth-order valence-electron chi connectivity index (χ4n) is 2.85. The molecule has 0 atom stereocenters. The van der Waals surface area contributed by atoms with Gasteiger partial charge in [0.2, 0.25) is 0 Å². The van der Waals surface area contributed by atoms with E-state index >= 15 is 0 Å². The van der Waals surface area contributed by atoms with E-state index in [-0.39, 0.29) is 24.3 Å². The molecule has 2 aromatic rings. The molecule has 1 aromatic carbocycles. The summed E-state index contributed by atoms with van der Waals surface area (Å²) < 4.78 is 19.4. The number of hydrogen-bond donors (Lipinski definition) is 1. The minimum atomic E-state index is -0.296. The van der Waals surface area contributed by atoms with Gasteiger partial charge in [0.15, 0.2) is 0 Å². The predicted molar refractivity (Wildman–Crippen MR) is 83.4 cm³/mol. The van der Waals surface area contributed by atoms with Crippen molar-refractivity contribution >= 4 is 5.91 Å². The van der Waals surface area contributed by atoms with Crippen LogP contribution in [0.2, 0.25) is 0 Å². The molecule has 0 spiro atoms. The minimum absolute atomic E-state index is 0.0351. The Labute approximate surface area is 134 Å². The smallest absolute Gasteiger partial charge is 0.274 e. The van der Waals surface area contributed by atoms with Crippen molar-refractivity contribution in [3.05, 3.63) is 53.1 Å². The number of amides is 1. The molecule has 1 fully saturated rings. The van der Waals surface area contributed by atoms with Crippen LogP contribution in [-0.4, -0.2) is 40.3 Å². The maximum Gasteiger partial charge on any atom is 0.274 e. The number of nitrogens with one attached hydrogen (secondary N) is 1. The summed E-state index contributed by atoms with van der Waals surface area (Å²) in [5, 5.41) is 6.84. The second kappa shape index (κ2) is 6.91. The monoisotopic (exact) mass is 317 g/mol. The number of hydrogen-bond acceptors (Lipinski definition) is 3. The minimum Gasteiger partial charge on any atom is -0.381 e. The molecule has 2 heterocycles. The summed E-state index contributed by atoms with van der Waals surface area (Å²) in [6, 6.07) is 8.31. The van der Waals surface area contributed by atoms with Crippen LogP contribution in [0.5, 0.6) is 0 Å². The van der Waals surface area contributed by atoms with Gasteiger partial charge in [-0.1, -0.05) is 18.2 Å². The number of nitrogens with zero attached hydrogens (tertiary/aromatic N) is 2. The van der Waals surface area contributed by atoms with Crippen LogP contribution in [0, 0.1) is 12.7 Å². The van der Waals surface area contributed by atoms with Gasteiger partial charge in [-0.25, -0.2) is 4.39 Å². The molecule has 3 rings (SSSR count). The molecule has 1 N–H and O–H groups in total. The Morgan fingerprint density at radius 1 is 1.39 bits per heavy atom. The normalized spacial score (nSPS) is 15.6. The summed E-state index contributed by atoms with van der Waals surface area (Å²) in [6.07, 6.45) is 1.51. The molecule has 5 nitrogen and oxygen atoms in total. The number of benzene rings is 1. The van der Waals surface area contributed by atoms with E-state index in [0.29, 0.717) is 24.5 Å². The van der Waals surface area contributed by atoms with Crippen molar-refractivity contribution in [1.29, 1.82) is 0 Å². The van der Waals surface area contributed by atoms with Crippen molar-refractivity contribution in [2.75, 3.05) is 13.2 Å². The average molecular weight is 317 g/mol. The van der Waals surface area contributed by atoms with Gasteiger partial charge in [-0.15, -0.1) is 0 Å². The van der Waals surface area contributed by atoms with Crippen LogP contribution in [0.1, 0.15) is 34.6 Å². The van der Waals surface area contributed by atoms with Gasteiger partial charge in [-0.2, -0.15) is 5.10 Å². The second-order valence-corrected chi connectivity index (χ2v) is 5.80. The summed E-state index contributed by atoms with van der Waals surface area (Å²) in [7, 11) is 0. The Morgan fingerprint density at radius 2 is 2.13 bits per heavy atom. The van der Waals surface area contributed by atoms with Crippen molar-refractivity contribution < 1.29 is 13.9 Å². The number of aromatic nitrogens is 2. The van der Waals surface area contributed by atoms with Crippen molar-refractivity contribution in [3.63, 3.8) is 0 Å². The first kappa shape index (κ1) is 15.7. The van der Waals surface area contributed by atoms with Gasteiger partial charge in [0.05, 0.1) is 0 Å². The predicted octanol–water partition coefficient (Wildman–Crippen LogP) is 2.68. The zero-order valence-electron chi connectivity index (χ0n) is 13.1. The lowest BCUT2D eigenvalue weighted by atomic mass is 10.0. The molecule has 0 aliphatic carbocycles. The van der Waals surface area contributed by atoms with Crippen molar-refractivity contribution in [2.24, 2.45) is 0 Å². The molecule has 0 saturated carbocycles. The molecule has 1 aromatic heterocycles. The third kappa shape index (κ3) is 3.59. The van der Waals surface area contributed by atoms with Crippen LogP contribution in [0.25, 0.3) is 0 Å². The van der Waals surface area contributed by atoms with Gasteiger partial charge in [-0.05, 0) is 31.9 Å². The number of aromatic amines is 1. The molecule has 1 aliphatic heterocycles. The van der Waals surface area contributed by atoms with Crippen LogP contribution in [0.4, 0.5) is 4.39 Å². The number of carbonyl (C=O) groups is 1. The Hall–Kier alpha value is -2.21. The maximum atomic E-state index is 14.0. The van der Waals surface area contributed by atoms with Gasteiger partial charge in [0.25, 0.3) is 5.91 Å². The summed E-state index contributed by atoms with van der Waals surface area (Å²) in [6.45, 7) is 3.32. The molecular formula is C17H20FN3O2. The number of carbonyl (C=O) groups excluding carboxylic acids is 1. The standard InChI is InChI=1S/C17H20FN3O2/c1-12-10-16(20-19-12)17(22)21(14-6-8-23-9-7-14)11-13-4-2-3-5-15(13)18/h2-5,10,14H,6-9,11H2,1H3,(H,19,20). The van der Waals surface area contributed by atoms with Crippen LogP contribution in [0.15, 0.2) is 30.3 Å². The SMILES string of the molecule is Cc1cc(C(=O)N(Cc2ccccc2F)C2CCOCC2)n[nH]1. The Kier molecular flexibility index (Phi) is 4.71. The number of aryl methyl sites for hydroxylation is 1. The average Bonchev–Trinajstić information content (AvgIpc) is 3.01. The molecule has 1 saturated heterocycles. The summed E-state index contributed by atoms with van der Waals surface area (Å²) in [4.78, 5) is 14.6. The molecule has 6 heteroatoms. The molecule has 0 radical (unpaired) electrons. The van der Waals surface area contributed by atoms with E-state index in [1.165, 1.54) is 6.07 Å². The van der Waals surface area contributed by atoms with E-state index in [9.17, 15) is 9.18 Å². The fraction of sp³-hybridized carbons (Fsp3) is 0.412. The molecule has 122 valence electrons. The number of rotatable bonds is 4. The van der Waals surface area contributed by atoms with Crippen molar-refractivity contribution in [2.45, 2.75) is 32.4 Å². The highest BCUT2D eigenvalue weighted by atomic mass is 19.1. The zero-order valence-corrected chi connectivity index (χ0v) is 13.1. The molecule has 0 unspecified atom stereocenters. The molecule has 0 bridgehead atoms. The molecule has 1 amide bonds. The summed E-state index contributed by atoms with van der Waals surface area (Å²) >= 11 is 0. The molecule has 23 heavy (non-hydrogen) atoms. The Morgan fingerprint density at radius 3 is 2.78 bits per heavy atom. The maximum absolute atomic E-state index is 14.0. The van der Waals surface area contributed by atoms with E-state index in [0.717, 1.165) is 18.5 Å². The highest BCUT2D eigenvalue weighted by molar-refractivity contribution is 5.92. The van der Waals surface area contributed by atoms with Crippen LogP contribution in [0.3, 0.4) is 0 Å². The Balaban J connectivity index is 1.86. The fourth-order valence-corrected chi connectivity index (χ4v) is 2.85. The number of ether oxygens (including phenoxy) is 1. The third-order valence-electron chi connectivity index (χ3n) is 4.12. The van der Waals surface area contributed by atoms with Gasteiger partial charge in [0.1, 0.15) is 11.5 Å². The van der Waals surface area contributed by atoms with E-state index in [4.69, 9.17) is 4.74 Å². The van der Waals surface area contributed by atoms with E-state index in [1.807, 2.05) is 6.92 Å². The summed E-state index contributed by atoms with van der Waals surface area (Å²) in [5.41, 5.74) is 1.70. The second-order valence-electron chi connectivity index (χ2n) is 5.80. The lowest BCUT2D eigenvalue weighted by Gasteiger charge is -2.34. The molecule has 1 aliphatic rings. The highest BCUT2D eigenvalue weighted by Crippen LogP contribution is 2.21. The van der Waals surface area contributed by atoms with E-state index in [1.54, 1.807) is 29.2 Å². The van der Waals surface area contributed by atoms with Crippen molar-refractivity contribution in [3.8, 4) is 0 Å². The van der Waals surface area contributed by atoms with Gasteiger partial charge < -0.3 is 9.64 Å². The Bertz CT molecular complexity index is 680. The first-order valence-electron chi connectivity index (χ1n) is 7.79. The first-order valence-corrected chi connectivity index (χ1v) is 7.79. The number of H-pyrrole nitrogens is 1. The van der Waals surface area contributed by atoms with Crippen LogP contribution in [-0.2, 0) is 11.3 Å². The quantitative estimate of drug-likeness (QED) is 0.943. The lowest BCUT2D eigenvalue weighted by Crippen LogP contribution is -2.43. The van der Waals surface area contributed by atoms with Crippen LogP contribution < -0.4 is 0 Å². The van der Waals surface area contributed by atoms with Gasteiger partial charge in [-0.3, -0.25) is 9.89 Å². The number of halogens is 1. The van der Waals surface area contributed by atoms with Gasteiger partial charge >= 0.3 is 0 Å². The largest absolute Gasteiger partial charge is 0.381 e. The highest BCUT2D eigenvalue weighted by Gasteiger charge is 2.28. The van der Waals surface area contributed by atoms with E-state index < -0.39 is 0 Å². The molecular weight excluding hydrogens is 297 g/mol. The lowest BCUT2D eigenvalue weighted by molar-refractivity contribution is 0.0261. The van der Waals surface area contributed by atoms with Crippen LogP contribution >= 0.6 is 0 Å². The van der Waals surface area contributed by atoms with E-state index in [2.05, 4.69) is 10.2 Å². The van der Waals surface area contributed by atoms with Crippen molar-refractivity contribution in [1.82, 2.24) is 15.1 Å². The first-order chi connectivity index (χ1) is 11.1. The topological polar surface area (TPSA) is 58.2 Å². The zero-order chi connectivity index (χ0) is 16.2.